The number of furan rings is 1. The van der Waals surface area contributed by atoms with E-state index in [-0.39, 0.29) is 17.3 Å². The third-order valence-corrected chi connectivity index (χ3v) is 8.62. The highest BCUT2D eigenvalue weighted by atomic mass is 32.2. The number of aromatic nitrogens is 1. The molecule has 0 aliphatic carbocycles. The predicted molar refractivity (Wildman–Crippen MR) is 142 cm³/mol. The molecule has 0 aliphatic heterocycles. The Labute approximate surface area is 213 Å². The lowest BCUT2D eigenvalue weighted by Crippen LogP contribution is -2.30. The zero-order valence-corrected chi connectivity index (χ0v) is 21.3. The first-order chi connectivity index (χ1) is 17.3. The van der Waals surface area contributed by atoms with Crippen LogP contribution < -0.4 is 9.21 Å². The Hall–Kier alpha value is -3.95. The molecule has 7 nitrogen and oxygen atoms in total. The van der Waals surface area contributed by atoms with Crippen LogP contribution in [0.1, 0.15) is 21.7 Å². The quantitative estimate of drug-likeness (QED) is 0.270. The van der Waals surface area contributed by atoms with E-state index in [4.69, 9.17) is 4.42 Å². The van der Waals surface area contributed by atoms with Gasteiger partial charge in [0.2, 0.25) is 0 Å². The molecule has 5 aromatic rings. The van der Waals surface area contributed by atoms with Gasteiger partial charge in [-0.3, -0.25) is 14.0 Å². The summed E-state index contributed by atoms with van der Waals surface area (Å²) in [6.45, 7) is 2.21. The Kier molecular flexibility index (Phi) is 6.34. The topological polar surface area (TPSA) is 83.7 Å². The van der Waals surface area contributed by atoms with E-state index in [9.17, 15) is 13.2 Å². The number of sulfonamides is 1. The number of carbonyl (C=O) groups excluding carboxylic acids is 1. The highest BCUT2D eigenvalue weighted by Gasteiger charge is 2.25. The molecule has 0 N–H and O–H groups in total. The van der Waals surface area contributed by atoms with Crippen LogP contribution in [0.15, 0.2) is 101 Å². The molecule has 182 valence electrons. The van der Waals surface area contributed by atoms with Crippen molar-refractivity contribution in [1.29, 1.82) is 0 Å². The summed E-state index contributed by atoms with van der Waals surface area (Å²) in [5, 5.41) is 0.539. The molecule has 0 spiro atoms. The Morgan fingerprint density at radius 3 is 2.42 bits per heavy atom. The second-order valence-corrected chi connectivity index (χ2v) is 11.2. The number of thiazole rings is 1. The molecule has 36 heavy (non-hydrogen) atoms. The van der Waals surface area contributed by atoms with E-state index in [1.54, 1.807) is 47.6 Å². The molecular formula is C27H23N3O4S2. The van der Waals surface area contributed by atoms with Crippen molar-refractivity contribution in [2.45, 2.75) is 18.4 Å². The van der Waals surface area contributed by atoms with Gasteiger partial charge in [-0.2, -0.15) is 0 Å². The number of para-hydroxylation sites is 1. The maximum atomic E-state index is 13.6. The van der Waals surface area contributed by atoms with E-state index >= 15 is 0 Å². The lowest BCUT2D eigenvalue weighted by Gasteiger charge is -2.21. The van der Waals surface area contributed by atoms with Crippen molar-refractivity contribution in [3.63, 3.8) is 0 Å². The third kappa shape index (κ3) is 4.62. The molecule has 0 fully saturated rings. The summed E-state index contributed by atoms with van der Waals surface area (Å²) < 4.78 is 33.9. The molecule has 0 saturated carbocycles. The lowest BCUT2D eigenvalue weighted by molar-refractivity contribution is 0.0983. The average Bonchev–Trinajstić information content (AvgIpc) is 3.56. The van der Waals surface area contributed by atoms with Gasteiger partial charge in [-0.15, -0.1) is 0 Å². The summed E-state index contributed by atoms with van der Waals surface area (Å²) in [5.74, 6) is 0.310. The van der Waals surface area contributed by atoms with E-state index < -0.39 is 10.0 Å². The molecule has 0 atom stereocenters. The van der Waals surface area contributed by atoms with E-state index in [1.165, 1.54) is 47.0 Å². The van der Waals surface area contributed by atoms with Gasteiger partial charge in [-0.25, -0.2) is 13.4 Å². The number of fused-ring (bicyclic) bond motifs is 1. The van der Waals surface area contributed by atoms with Crippen molar-refractivity contribution in [2.75, 3.05) is 16.3 Å². The molecule has 3 aromatic carbocycles. The highest BCUT2D eigenvalue weighted by molar-refractivity contribution is 7.92. The van der Waals surface area contributed by atoms with Crippen molar-refractivity contribution in [3.05, 3.63) is 108 Å². The van der Waals surface area contributed by atoms with Gasteiger partial charge in [0.15, 0.2) is 5.13 Å². The SMILES string of the molecule is Cc1ccc2nc(N(Cc3ccco3)C(=O)c3ccc(S(=O)(=O)N(C)c4ccccc4)cc3)sc2c1. The van der Waals surface area contributed by atoms with Crippen molar-refractivity contribution in [3.8, 4) is 0 Å². The number of rotatable bonds is 7. The molecule has 9 heteroatoms. The van der Waals surface area contributed by atoms with Crippen molar-refractivity contribution < 1.29 is 17.6 Å². The van der Waals surface area contributed by atoms with Crippen molar-refractivity contribution in [2.24, 2.45) is 0 Å². The van der Waals surface area contributed by atoms with Gasteiger partial charge in [0.05, 0.1) is 33.6 Å². The molecule has 0 unspecified atom stereocenters. The number of hydrogen-bond acceptors (Lipinski definition) is 6. The normalized spacial score (nSPS) is 11.5. The minimum atomic E-state index is -3.79. The first kappa shape index (κ1) is 23.8. The predicted octanol–water partition coefficient (Wildman–Crippen LogP) is 5.87. The van der Waals surface area contributed by atoms with E-state index in [0.29, 0.717) is 22.1 Å². The van der Waals surface area contributed by atoms with Crippen LogP contribution in [0.3, 0.4) is 0 Å². The maximum Gasteiger partial charge on any atom is 0.264 e. The fourth-order valence-corrected chi connectivity index (χ4v) is 6.04. The molecule has 2 heterocycles. The monoisotopic (exact) mass is 517 g/mol. The molecule has 0 radical (unpaired) electrons. The van der Waals surface area contributed by atoms with Gasteiger partial charge >= 0.3 is 0 Å². The molecule has 1 amide bonds. The molecule has 5 rings (SSSR count). The van der Waals surface area contributed by atoms with E-state index in [1.807, 2.05) is 31.2 Å². The summed E-state index contributed by atoms with van der Waals surface area (Å²) in [5.41, 5.74) is 2.81. The van der Waals surface area contributed by atoms with Crippen molar-refractivity contribution >= 4 is 48.3 Å². The maximum absolute atomic E-state index is 13.6. The minimum Gasteiger partial charge on any atom is -0.467 e. The first-order valence-electron chi connectivity index (χ1n) is 11.2. The largest absolute Gasteiger partial charge is 0.467 e. The smallest absolute Gasteiger partial charge is 0.264 e. The Morgan fingerprint density at radius 2 is 1.72 bits per heavy atom. The van der Waals surface area contributed by atoms with E-state index in [0.717, 1.165) is 15.8 Å². The van der Waals surface area contributed by atoms with Crippen LogP contribution in [0.4, 0.5) is 10.8 Å². The fourth-order valence-electron chi connectivity index (χ4n) is 3.78. The standard InChI is InChI=1S/C27H23N3O4S2/c1-19-10-15-24-25(17-19)35-27(28-24)30(18-22-9-6-16-34-22)26(31)20-11-13-23(14-12-20)36(32,33)29(2)21-7-4-3-5-8-21/h3-17H,18H2,1-2H3. The second-order valence-electron chi connectivity index (χ2n) is 8.27. The summed E-state index contributed by atoms with van der Waals surface area (Å²) in [6.07, 6.45) is 1.56. The number of benzene rings is 3. The van der Waals surface area contributed by atoms with Gasteiger partial charge in [-0.05, 0) is 73.2 Å². The molecular weight excluding hydrogens is 494 g/mol. The first-order valence-corrected chi connectivity index (χ1v) is 13.4. The average molecular weight is 518 g/mol. The van der Waals surface area contributed by atoms with Gasteiger partial charge in [0.25, 0.3) is 15.9 Å². The van der Waals surface area contributed by atoms with Crippen LogP contribution in [0, 0.1) is 6.92 Å². The Bertz CT molecular complexity index is 1610. The molecule has 0 saturated heterocycles. The van der Waals surface area contributed by atoms with Crippen molar-refractivity contribution in [1.82, 2.24) is 4.98 Å². The van der Waals surface area contributed by atoms with Crippen LogP contribution in [-0.4, -0.2) is 26.4 Å². The molecule has 0 bridgehead atoms. The number of nitrogens with zero attached hydrogens (tertiary/aromatic N) is 3. The van der Waals surface area contributed by atoms with Gasteiger partial charge in [-0.1, -0.05) is 35.6 Å². The summed E-state index contributed by atoms with van der Waals surface area (Å²) in [4.78, 5) is 19.9. The van der Waals surface area contributed by atoms with Crippen LogP contribution in [0.2, 0.25) is 0 Å². The minimum absolute atomic E-state index is 0.0958. The fraction of sp³-hybridized carbons (Fsp3) is 0.111. The van der Waals surface area contributed by atoms with Crippen LogP contribution in [-0.2, 0) is 16.6 Å². The zero-order valence-electron chi connectivity index (χ0n) is 19.7. The number of aryl methyl sites for hydroxylation is 1. The van der Waals surface area contributed by atoms with Gasteiger partial charge in [0.1, 0.15) is 5.76 Å². The Morgan fingerprint density at radius 1 is 0.972 bits per heavy atom. The highest BCUT2D eigenvalue weighted by Crippen LogP contribution is 2.32. The third-order valence-electron chi connectivity index (χ3n) is 5.78. The lowest BCUT2D eigenvalue weighted by atomic mass is 10.2. The Balaban J connectivity index is 1.46. The zero-order chi connectivity index (χ0) is 25.3. The van der Waals surface area contributed by atoms with Crippen LogP contribution in [0.5, 0.6) is 0 Å². The van der Waals surface area contributed by atoms with Crippen LogP contribution >= 0.6 is 11.3 Å². The van der Waals surface area contributed by atoms with Gasteiger partial charge in [0, 0.05) is 12.6 Å². The molecule has 2 aromatic heterocycles. The van der Waals surface area contributed by atoms with E-state index in [2.05, 4.69) is 4.98 Å². The number of carbonyl (C=O) groups is 1. The second kappa shape index (κ2) is 9.60. The summed E-state index contributed by atoms with van der Waals surface area (Å²) in [7, 11) is -2.28. The number of anilines is 2. The summed E-state index contributed by atoms with van der Waals surface area (Å²) in [6, 6.07) is 24.3. The van der Waals surface area contributed by atoms with Crippen LogP contribution in [0.25, 0.3) is 10.2 Å². The van der Waals surface area contributed by atoms with Gasteiger partial charge < -0.3 is 4.42 Å². The number of amides is 1. The summed E-state index contributed by atoms with van der Waals surface area (Å²) >= 11 is 1.42. The molecule has 0 aliphatic rings. The number of hydrogen-bond donors (Lipinski definition) is 0.